The summed E-state index contributed by atoms with van der Waals surface area (Å²) in [4.78, 5) is 8.09. The number of nitrogens with one attached hydrogen (secondary N) is 1. The first kappa shape index (κ1) is 11.2. The van der Waals surface area contributed by atoms with Gasteiger partial charge in [-0.05, 0) is 24.6 Å². The smallest absolute Gasteiger partial charge is 0.151 e. The van der Waals surface area contributed by atoms with Gasteiger partial charge in [0.25, 0.3) is 0 Å². The summed E-state index contributed by atoms with van der Waals surface area (Å²) in [6.07, 6.45) is 3.11. The molecule has 1 aromatic heterocycles. The molecule has 17 heavy (non-hydrogen) atoms. The molecular formula is C12H14N4O. The van der Waals surface area contributed by atoms with Gasteiger partial charge in [0.2, 0.25) is 0 Å². The summed E-state index contributed by atoms with van der Waals surface area (Å²) < 4.78 is 5.26. The van der Waals surface area contributed by atoms with E-state index in [1.807, 2.05) is 25.1 Å². The van der Waals surface area contributed by atoms with Crippen LogP contribution < -0.4 is 15.8 Å². The molecule has 5 heteroatoms. The highest BCUT2D eigenvalue weighted by Crippen LogP contribution is 2.27. The lowest BCUT2D eigenvalue weighted by molar-refractivity contribution is 0.416. The van der Waals surface area contributed by atoms with E-state index in [2.05, 4.69) is 15.3 Å². The van der Waals surface area contributed by atoms with Crippen molar-refractivity contribution in [2.24, 2.45) is 0 Å². The van der Waals surface area contributed by atoms with Crippen molar-refractivity contribution in [3.05, 3.63) is 36.2 Å². The molecule has 2 aromatic rings. The maximum Gasteiger partial charge on any atom is 0.151 e. The molecule has 0 aliphatic rings. The van der Waals surface area contributed by atoms with Crippen LogP contribution in [-0.2, 0) is 0 Å². The van der Waals surface area contributed by atoms with E-state index in [4.69, 9.17) is 10.5 Å². The number of ether oxygens (including phenoxy) is 1. The van der Waals surface area contributed by atoms with E-state index < -0.39 is 0 Å². The van der Waals surface area contributed by atoms with Gasteiger partial charge >= 0.3 is 0 Å². The van der Waals surface area contributed by atoms with Crippen molar-refractivity contribution in [2.45, 2.75) is 6.92 Å². The quantitative estimate of drug-likeness (QED) is 0.844. The number of methoxy groups -OCH3 is 1. The van der Waals surface area contributed by atoms with Gasteiger partial charge in [-0.1, -0.05) is 6.07 Å². The third-order valence-electron chi connectivity index (χ3n) is 2.27. The molecular weight excluding hydrogens is 216 g/mol. The van der Waals surface area contributed by atoms with E-state index >= 15 is 0 Å². The minimum absolute atomic E-state index is 0.376. The predicted molar refractivity (Wildman–Crippen MR) is 67.5 cm³/mol. The van der Waals surface area contributed by atoms with E-state index in [1.54, 1.807) is 13.3 Å². The first-order valence-corrected chi connectivity index (χ1v) is 5.18. The number of nitrogen functional groups attached to an aromatic ring is 1. The van der Waals surface area contributed by atoms with Gasteiger partial charge in [0.1, 0.15) is 11.6 Å². The van der Waals surface area contributed by atoms with E-state index in [0.717, 1.165) is 17.0 Å². The third kappa shape index (κ3) is 2.63. The fourth-order valence-corrected chi connectivity index (χ4v) is 1.50. The molecule has 5 nitrogen and oxygen atoms in total. The summed E-state index contributed by atoms with van der Waals surface area (Å²) >= 11 is 0. The van der Waals surface area contributed by atoms with Crippen LogP contribution in [0, 0.1) is 6.92 Å². The van der Waals surface area contributed by atoms with Crippen LogP contribution >= 0.6 is 0 Å². The van der Waals surface area contributed by atoms with Crippen molar-refractivity contribution < 1.29 is 4.74 Å². The number of aryl methyl sites for hydroxylation is 1. The lowest BCUT2D eigenvalue weighted by atomic mass is 10.2. The van der Waals surface area contributed by atoms with Crippen LogP contribution in [0.25, 0.3) is 0 Å². The van der Waals surface area contributed by atoms with Crippen LogP contribution in [0.5, 0.6) is 5.75 Å². The average Bonchev–Trinajstić information content (AvgIpc) is 2.29. The number of hydrogen-bond donors (Lipinski definition) is 2. The number of benzene rings is 1. The van der Waals surface area contributed by atoms with Crippen LogP contribution in [0.1, 0.15) is 5.56 Å². The zero-order valence-electron chi connectivity index (χ0n) is 9.77. The lowest BCUT2D eigenvalue weighted by Crippen LogP contribution is -2.00. The Morgan fingerprint density at radius 1 is 1.29 bits per heavy atom. The first-order chi connectivity index (χ1) is 8.19. The summed E-state index contributed by atoms with van der Waals surface area (Å²) in [5.74, 6) is 1.72. The maximum atomic E-state index is 5.57. The topological polar surface area (TPSA) is 73.1 Å². The Kier molecular flexibility index (Phi) is 3.09. The number of nitrogens with two attached hydrogens (primary N) is 1. The molecule has 0 aliphatic carbocycles. The van der Waals surface area contributed by atoms with Crippen LogP contribution in [0.3, 0.4) is 0 Å². The normalized spacial score (nSPS) is 10.0. The molecule has 2 rings (SSSR count). The minimum Gasteiger partial charge on any atom is -0.495 e. The maximum absolute atomic E-state index is 5.57. The van der Waals surface area contributed by atoms with Crippen LogP contribution in [-0.4, -0.2) is 17.1 Å². The van der Waals surface area contributed by atoms with Gasteiger partial charge in [-0.3, -0.25) is 4.98 Å². The second-order valence-electron chi connectivity index (χ2n) is 3.66. The second-order valence-corrected chi connectivity index (χ2v) is 3.66. The standard InChI is InChI=1S/C12H14N4O/c1-8-3-4-10(17-2)9(5-8)15-12-7-14-6-11(13)16-12/h3-7H,1-2H3,(H3,13,15,16). The monoisotopic (exact) mass is 230 g/mol. The van der Waals surface area contributed by atoms with Crippen molar-refractivity contribution in [2.75, 3.05) is 18.2 Å². The highest BCUT2D eigenvalue weighted by atomic mass is 16.5. The number of nitrogens with zero attached hydrogens (tertiary/aromatic N) is 2. The molecule has 0 amide bonds. The molecule has 0 saturated carbocycles. The highest BCUT2D eigenvalue weighted by Gasteiger charge is 2.04. The second kappa shape index (κ2) is 4.69. The van der Waals surface area contributed by atoms with Gasteiger partial charge in [0, 0.05) is 0 Å². The summed E-state index contributed by atoms with van der Waals surface area (Å²) in [5.41, 5.74) is 7.54. The van der Waals surface area contributed by atoms with Gasteiger partial charge in [0.15, 0.2) is 5.82 Å². The van der Waals surface area contributed by atoms with E-state index in [1.165, 1.54) is 6.20 Å². The lowest BCUT2D eigenvalue weighted by Gasteiger charge is -2.11. The fourth-order valence-electron chi connectivity index (χ4n) is 1.50. The molecule has 0 aliphatic heterocycles. The van der Waals surface area contributed by atoms with Gasteiger partial charge in [-0.15, -0.1) is 0 Å². The van der Waals surface area contributed by atoms with E-state index in [-0.39, 0.29) is 0 Å². The number of hydrogen-bond acceptors (Lipinski definition) is 5. The molecule has 1 aromatic carbocycles. The Hall–Kier alpha value is -2.30. The molecule has 0 bridgehead atoms. The van der Waals surface area contributed by atoms with Crippen LogP contribution in [0.4, 0.5) is 17.3 Å². The molecule has 0 atom stereocenters. The Bertz CT molecular complexity index is 528. The molecule has 0 unspecified atom stereocenters. The summed E-state index contributed by atoms with van der Waals surface area (Å²) in [7, 11) is 1.63. The highest BCUT2D eigenvalue weighted by molar-refractivity contribution is 5.65. The predicted octanol–water partition coefficient (Wildman–Crippen LogP) is 2.12. The summed E-state index contributed by atoms with van der Waals surface area (Å²) in [5, 5.41) is 3.13. The molecule has 0 spiro atoms. The molecule has 0 fully saturated rings. The molecule has 0 radical (unpaired) electrons. The average molecular weight is 230 g/mol. The molecule has 3 N–H and O–H groups in total. The van der Waals surface area contributed by atoms with Crippen molar-refractivity contribution in [1.29, 1.82) is 0 Å². The number of anilines is 3. The Labute approximate surface area is 99.7 Å². The number of aromatic nitrogens is 2. The van der Waals surface area contributed by atoms with Gasteiger partial charge in [-0.2, -0.15) is 0 Å². The Morgan fingerprint density at radius 2 is 2.12 bits per heavy atom. The SMILES string of the molecule is COc1ccc(C)cc1Nc1cncc(N)n1. The number of rotatable bonds is 3. The van der Waals surface area contributed by atoms with Crippen molar-refractivity contribution in [3.63, 3.8) is 0 Å². The third-order valence-corrected chi connectivity index (χ3v) is 2.27. The minimum atomic E-state index is 0.376. The molecule has 0 saturated heterocycles. The fraction of sp³-hybridized carbons (Fsp3) is 0.167. The van der Waals surface area contributed by atoms with E-state index in [9.17, 15) is 0 Å². The molecule has 1 heterocycles. The first-order valence-electron chi connectivity index (χ1n) is 5.18. The van der Waals surface area contributed by atoms with Crippen LogP contribution in [0.15, 0.2) is 30.6 Å². The largest absolute Gasteiger partial charge is 0.495 e. The van der Waals surface area contributed by atoms with Gasteiger partial charge < -0.3 is 15.8 Å². The Morgan fingerprint density at radius 3 is 2.82 bits per heavy atom. The van der Waals surface area contributed by atoms with Gasteiger partial charge in [-0.25, -0.2) is 4.98 Å². The summed E-state index contributed by atoms with van der Waals surface area (Å²) in [6, 6.07) is 5.86. The zero-order chi connectivity index (χ0) is 12.3. The Balaban J connectivity index is 2.32. The summed E-state index contributed by atoms with van der Waals surface area (Å²) in [6.45, 7) is 2.01. The van der Waals surface area contributed by atoms with Crippen molar-refractivity contribution >= 4 is 17.3 Å². The zero-order valence-corrected chi connectivity index (χ0v) is 9.77. The molecule has 88 valence electrons. The van der Waals surface area contributed by atoms with Crippen molar-refractivity contribution in [1.82, 2.24) is 9.97 Å². The van der Waals surface area contributed by atoms with E-state index in [0.29, 0.717) is 11.6 Å². The van der Waals surface area contributed by atoms with Gasteiger partial charge in [0.05, 0.1) is 25.2 Å². The van der Waals surface area contributed by atoms with Crippen molar-refractivity contribution in [3.8, 4) is 5.75 Å². The van der Waals surface area contributed by atoms with Crippen LogP contribution in [0.2, 0.25) is 0 Å².